The Morgan fingerprint density at radius 1 is 1.06 bits per heavy atom. The van der Waals surface area contributed by atoms with Gasteiger partial charge in [-0.25, -0.2) is 4.79 Å². The Bertz CT molecular complexity index is 532. The second kappa shape index (κ2) is 4.70. The molecule has 0 aliphatic carbocycles. The smallest absolute Gasteiger partial charge is 0.409 e. The van der Waals surface area contributed by atoms with Gasteiger partial charge in [-0.05, 0) is 30.2 Å². The van der Waals surface area contributed by atoms with Crippen LogP contribution in [-0.2, 0) is 0 Å². The summed E-state index contributed by atoms with van der Waals surface area (Å²) in [6.07, 6.45) is -0.798. The van der Waals surface area contributed by atoms with Crippen molar-refractivity contribution in [1.82, 2.24) is 0 Å². The Kier molecular flexibility index (Phi) is 3.10. The summed E-state index contributed by atoms with van der Waals surface area (Å²) in [5.74, 6) is 0.453. The van der Waals surface area contributed by atoms with E-state index in [1.54, 1.807) is 12.1 Å². The minimum absolute atomic E-state index is 0.453. The fraction of sp³-hybridized carbons (Fsp3) is 0.0714. The van der Waals surface area contributed by atoms with Crippen molar-refractivity contribution in [3.05, 3.63) is 54.1 Å². The average molecular weight is 227 g/mol. The minimum Gasteiger partial charge on any atom is -0.411 e. The average Bonchev–Trinajstić information content (AvgIpc) is 2.29. The van der Waals surface area contributed by atoms with Crippen LogP contribution >= 0.6 is 0 Å². The van der Waals surface area contributed by atoms with E-state index in [1.165, 1.54) is 5.56 Å². The number of benzene rings is 2. The van der Waals surface area contributed by atoms with Gasteiger partial charge in [-0.3, -0.25) is 0 Å². The highest BCUT2D eigenvalue weighted by molar-refractivity contribution is 5.69. The van der Waals surface area contributed by atoms with Gasteiger partial charge in [0.15, 0.2) is 0 Å². The van der Waals surface area contributed by atoms with Gasteiger partial charge in [-0.2, -0.15) is 0 Å². The summed E-state index contributed by atoms with van der Waals surface area (Å²) in [6, 6.07) is 15.4. The van der Waals surface area contributed by atoms with Gasteiger partial charge >= 0.3 is 6.09 Å². The van der Waals surface area contributed by atoms with Crippen LogP contribution in [0.1, 0.15) is 5.56 Å². The van der Waals surface area contributed by atoms with Gasteiger partial charge in [0.2, 0.25) is 0 Å². The first-order chi connectivity index (χ1) is 8.15. The zero-order chi connectivity index (χ0) is 12.3. The predicted octanol–water partition coefficient (Wildman–Crippen LogP) is 3.12. The second-order valence-electron chi connectivity index (χ2n) is 3.81. The van der Waals surface area contributed by atoms with E-state index in [0.717, 1.165) is 11.1 Å². The van der Waals surface area contributed by atoms with E-state index in [2.05, 4.69) is 6.07 Å². The van der Waals surface area contributed by atoms with Gasteiger partial charge in [0, 0.05) is 0 Å². The Morgan fingerprint density at radius 3 is 2.35 bits per heavy atom. The number of rotatable bonds is 2. The zero-order valence-corrected chi connectivity index (χ0v) is 9.51. The molecule has 86 valence electrons. The molecule has 17 heavy (non-hydrogen) atoms. The van der Waals surface area contributed by atoms with Crippen LogP contribution in [0.2, 0.25) is 0 Å². The highest BCUT2D eigenvalue weighted by Gasteiger charge is 2.00. The molecule has 0 aliphatic rings. The number of primary amides is 1. The first-order valence-corrected chi connectivity index (χ1v) is 5.29. The summed E-state index contributed by atoms with van der Waals surface area (Å²) < 4.78 is 4.77. The van der Waals surface area contributed by atoms with Crippen molar-refractivity contribution in [2.24, 2.45) is 5.73 Å². The van der Waals surface area contributed by atoms with E-state index in [1.807, 2.05) is 37.3 Å². The van der Waals surface area contributed by atoms with Gasteiger partial charge < -0.3 is 10.5 Å². The number of hydrogen-bond acceptors (Lipinski definition) is 2. The third-order valence-electron chi connectivity index (χ3n) is 2.42. The van der Waals surface area contributed by atoms with Crippen LogP contribution in [0.4, 0.5) is 4.79 Å². The number of amides is 1. The van der Waals surface area contributed by atoms with Crippen LogP contribution in [0.15, 0.2) is 48.5 Å². The van der Waals surface area contributed by atoms with Crippen molar-refractivity contribution in [2.75, 3.05) is 0 Å². The largest absolute Gasteiger partial charge is 0.411 e. The molecule has 2 aromatic carbocycles. The molecule has 0 fully saturated rings. The fourth-order valence-corrected chi connectivity index (χ4v) is 1.66. The molecule has 0 unspecified atom stereocenters. The topological polar surface area (TPSA) is 52.3 Å². The number of carbonyl (C=O) groups excluding carboxylic acids is 1. The molecule has 0 aromatic heterocycles. The van der Waals surface area contributed by atoms with Crippen LogP contribution in [0.25, 0.3) is 11.1 Å². The van der Waals surface area contributed by atoms with Crippen molar-refractivity contribution in [3.8, 4) is 16.9 Å². The molecular weight excluding hydrogens is 214 g/mol. The van der Waals surface area contributed by atoms with Crippen molar-refractivity contribution >= 4 is 6.09 Å². The SMILES string of the molecule is Cc1cccc(-c2ccc(OC(N)=O)cc2)c1. The Morgan fingerprint density at radius 2 is 1.76 bits per heavy atom. The lowest BCUT2D eigenvalue weighted by molar-refractivity contribution is 0.211. The van der Waals surface area contributed by atoms with Crippen LogP contribution in [0.3, 0.4) is 0 Å². The zero-order valence-electron chi connectivity index (χ0n) is 9.51. The summed E-state index contributed by atoms with van der Waals surface area (Å²) in [6.45, 7) is 2.05. The van der Waals surface area contributed by atoms with E-state index in [9.17, 15) is 4.79 Å². The molecule has 0 bridgehead atoms. The van der Waals surface area contributed by atoms with Gasteiger partial charge in [-0.15, -0.1) is 0 Å². The van der Waals surface area contributed by atoms with Crippen LogP contribution in [0, 0.1) is 6.92 Å². The first-order valence-electron chi connectivity index (χ1n) is 5.29. The molecule has 0 saturated heterocycles. The van der Waals surface area contributed by atoms with Crippen molar-refractivity contribution in [3.63, 3.8) is 0 Å². The Hall–Kier alpha value is -2.29. The summed E-state index contributed by atoms with van der Waals surface area (Å²) in [5, 5.41) is 0. The number of carbonyl (C=O) groups is 1. The lowest BCUT2D eigenvalue weighted by Crippen LogP contribution is -2.16. The number of aryl methyl sites for hydroxylation is 1. The van der Waals surface area contributed by atoms with Gasteiger partial charge in [0.1, 0.15) is 5.75 Å². The van der Waals surface area contributed by atoms with Crippen LogP contribution in [0.5, 0.6) is 5.75 Å². The molecule has 2 rings (SSSR count). The molecule has 1 amide bonds. The molecule has 2 N–H and O–H groups in total. The maximum absolute atomic E-state index is 10.6. The normalized spacial score (nSPS) is 9.94. The monoisotopic (exact) mass is 227 g/mol. The Labute approximate surface area is 99.8 Å². The van der Waals surface area contributed by atoms with Crippen molar-refractivity contribution < 1.29 is 9.53 Å². The van der Waals surface area contributed by atoms with Crippen molar-refractivity contribution in [1.29, 1.82) is 0 Å². The molecule has 0 spiro atoms. The molecule has 0 atom stereocenters. The van der Waals surface area contributed by atoms with E-state index in [0.29, 0.717) is 5.75 Å². The molecule has 3 heteroatoms. The van der Waals surface area contributed by atoms with Gasteiger partial charge in [0.05, 0.1) is 0 Å². The highest BCUT2D eigenvalue weighted by Crippen LogP contribution is 2.23. The molecule has 3 nitrogen and oxygen atoms in total. The summed E-state index contributed by atoms with van der Waals surface area (Å²) in [5.41, 5.74) is 8.35. The molecule has 2 aromatic rings. The van der Waals surface area contributed by atoms with Crippen LogP contribution in [-0.4, -0.2) is 6.09 Å². The van der Waals surface area contributed by atoms with Crippen molar-refractivity contribution in [2.45, 2.75) is 6.92 Å². The second-order valence-corrected chi connectivity index (χ2v) is 3.81. The summed E-state index contributed by atoms with van der Waals surface area (Å²) >= 11 is 0. The maximum Gasteiger partial charge on any atom is 0.409 e. The van der Waals surface area contributed by atoms with E-state index >= 15 is 0 Å². The Balaban J connectivity index is 2.26. The molecule has 0 radical (unpaired) electrons. The standard InChI is InChI=1S/C14H13NO2/c1-10-3-2-4-12(9-10)11-5-7-13(8-6-11)17-14(15)16/h2-9H,1H3,(H2,15,16). The van der Waals surface area contributed by atoms with Crippen LogP contribution < -0.4 is 10.5 Å². The highest BCUT2D eigenvalue weighted by atomic mass is 16.5. The minimum atomic E-state index is -0.798. The molecule has 0 saturated carbocycles. The number of nitrogens with two attached hydrogens (primary N) is 1. The maximum atomic E-state index is 10.6. The van der Waals surface area contributed by atoms with Gasteiger partial charge in [-0.1, -0.05) is 42.0 Å². The van der Waals surface area contributed by atoms with E-state index in [4.69, 9.17) is 10.5 Å². The molecular formula is C14H13NO2. The number of ether oxygens (including phenoxy) is 1. The molecule has 0 aliphatic heterocycles. The van der Waals surface area contributed by atoms with E-state index < -0.39 is 6.09 Å². The lowest BCUT2D eigenvalue weighted by atomic mass is 10.0. The fourth-order valence-electron chi connectivity index (χ4n) is 1.66. The lowest BCUT2D eigenvalue weighted by Gasteiger charge is -2.04. The third kappa shape index (κ3) is 2.84. The van der Waals surface area contributed by atoms with E-state index in [-0.39, 0.29) is 0 Å². The molecule has 0 heterocycles. The third-order valence-corrected chi connectivity index (χ3v) is 2.42. The summed E-state index contributed by atoms with van der Waals surface area (Å²) in [7, 11) is 0. The predicted molar refractivity (Wildman–Crippen MR) is 66.8 cm³/mol. The van der Waals surface area contributed by atoms with Gasteiger partial charge in [0.25, 0.3) is 0 Å². The summed E-state index contributed by atoms with van der Waals surface area (Å²) in [4.78, 5) is 10.6. The first kappa shape index (κ1) is 11.2. The quantitative estimate of drug-likeness (QED) is 0.856. The number of hydrogen-bond donors (Lipinski definition) is 1.